The molecule has 0 aromatic carbocycles. The van der Waals surface area contributed by atoms with Crippen LogP contribution in [0, 0.1) is 0 Å². The molecule has 140 valence electrons. The molecule has 4 heterocycles. The van der Waals surface area contributed by atoms with E-state index in [9.17, 15) is 4.79 Å². The fourth-order valence-electron chi connectivity index (χ4n) is 2.99. The van der Waals surface area contributed by atoms with E-state index in [4.69, 9.17) is 4.74 Å². The van der Waals surface area contributed by atoms with Gasteiger partial charge in [0.05, 0.1) is 31.1 Å². The second-order valence-corrected chi connectivity index (χ2v) is 6.45. The topological polar surface area (TPSA) is 113 Å². The fourth-order valence-corrected chi connectivity index (χ4v) is 2.99. The number of nitrogens with zero attached hydrogens (tertiary/aromatic N) is 7. The summed E-state index contributed by atoms with van der Waals surface area (Å²) in [6, 6.07) is 0. The zero-order valence-electron chi connectivity index (χ0n) is 14.9. The Morgan fingerprint density at radius 2 is 2.19 bits per heavy atom. The van der Waals surface area contributed by atoms with E-state index in [0.29, 0.717) is 32.5 Å². The number of aromatic nitrogens is 7. The molecule has 0 fully saturated rings. The van der Waals surface area contributed by atoms with Crippen molar-refractivity contribution in [3.05, 3.63) is 42.4 Å². The van der Waals surface area contributed by atoms with Crippen LogP contribution in [-0.4, -0.2) is 53.3 Å². The summed E-state index contributed by atoms with van der Waals surface area (Å²) < 4.78 is 9.45. The van der Waals surface area contributed by atoms with Crippen molar-refractivity contribution in [2.24, 2.45) is 7.05 Å². The Labute approximate surface area is 155 Å². The molecule has 3 aromatic heterocycles. The number of carbonyl (C=O) groups excluding carboxylic acids is 1. The van der Waals surface area contributed by atoms with E-state index >= 15 is 0 Å². The van der Waals surface area contributed by atoms with Crippen molar-refractivity contribution in [3.63, 3.8) is 0 Å². The molecular formula is C17H20N8O2. The molecule has 1 N–H and O–H groups in total. The summed E-state index contributed by atoms with van der Waals surface area (Å²) in [6.45, 7) is 1.39. The van der Waals surface area contributed by atoms with E-state index in [-0.39, 0.29) is 12.0 Å². The van der Waals surface area contributed by atoms with E-state index in [0.717, 1.165) is 22.5 Å². The minimum atomic E-state index is -0.134. The van der Waals surface area contributed by atoms with Gasteiger partial charge in [-0.05, 0) is 12.0 Å². The van der Waals surface area contributed by atoms with Crippen molar-refractivity contribution in [1.82, 2.24) is 40.1 Å². The van der Waals surface area contributed by atoms with Gasteiger partial charge >= 0.3 is 0 Å². The van der Waals surface area contributed by atoms with Gasteiger partial charge in [-0.15, -0.1) is 5.10 Å². The van der Waals surface area contributed by atoms with Crippen molar-refractivity contribution >= 4 is 5.91 Å². The molecule has 0 saturated carbocycles. The van der Waals surface area contributed by atoms with Crippen molar-refractivity contribution in [2.75, 3.05) is 6.54 Å². The van der Waals surface area contributed by atoms with Gasteiger partial charge in [-0.1, -0.05) is 5.21 Å². The smallest absolute Gasteiger partial charge is 0.220 e. The highest BCUT2D eigenvalue weighted by molar-refractivity contribution is 5.76. The molecule has 1 amide bonds. The van der Waals surface area contributed by atoms with E-state index in [2.05, 4.69) is 30.7 Å². The molecule has 0 spiro atoms. The number of rotatable bonds is 6. The van der Waals surface area contributed by atoms with Crippen LogP contribution in [0.2, 0.25) is 0 Å². The van der Waals surface area contributed by atoms with Gasteiger partial charge in [0.15, 0.2) is 0 Å². The van der Waals surface area contributed by atoms with Crippen LogP contribution in [-0.2, 0) is 36.2 Å². The van der Waals surface area contributed by atoms with Gasteiger partial charge in [-0.3, -0.25) is 9.48 Å². The summed E-state index contributed by atoms with van der Waals surface area (Å²) in [5.74, 6) is -0.0251. The lowest BCUT2D eigenvalue weighted by Gasteiger charge is -2.24. The Morgan fingerprint density at radius 1 is 1.33 bits per heavy atom. The molecule has 1 unspecified atom stereocenters. The summed E-state index contributed by atoms with van der Waals surface area (Å²) in [7, 11) is 1.86. The van der Waals surface area contributed by atoms with Crippen molar-refractivity contribution in [3.8, 4) is 11.3 Å². The number of fused-ring (bicyclic) bond motifs is 1. The van der Waals surface area contributed by atoms with Gasteiger partial charge in [0.25, 0.3) is 0 Å². The third-order valence-corrected chi connectivity index (χ3v) is 4.43. The third-order valence-electron chi connectivity index (χ3n) is 4.43. The monoisotopic (exact) mass is 368 g/mol. The van der Waals surface area contributed by atoms with Gasteiger partial charge < -0.3 is 10.1 Å². The van der Waals surface area contributed by atoms with Gasteiger partial charge in [-0.25, -0.2) is 14.6 Å². The minimum absolute atomic E-state index is 0.0251. The van der Waals surface area contributed by atoms with E-state index < -0.39 is 0 Å². The first-order chi connectivity index (χ1) is 13.2. The Kier molecular flexibility index (Phi) is 4.88. The lowest BCUT2D eigenvalue weighted by Crippen LogP contribution is -2.39. The molecule has 0 bridgehead atoms. The highest BCUT2D eigenvalue weighted by Crippen LogP contribution is 2.24. The predicted molar refractivity (Wildman–Crippen MR) is 94.2 cm³/mol. The van der Waals surface area contributed by atoms with Crippen LogP contribution in [0.25, 0.3) is 11.3 Å². The normalized spacial score (nSPS) is 16.1. The van der Waals surface area contributed by atoms with Gasteiger partial charge in [0, 0.05) is 44.2 Å². The van der Waals surface area contributed by atoms with E-state index in [1.807, 2.05) is 17.9 Å². The van der Waals surface area contributed by atoms with Crippen LogP contribution in [0.15, 0.2) is 31.1 Å². The Bertz CT molecular complexity index is 920. The second-order valence-electron chi connectivity index (χ2n) is 6.45. The lowest BCUT2D eigenvalue weighted by atomic mass is 10.1. The van der Waals surface area contributed by atoms with Crippen molar-refractivity contribution in [2.45, 2.75) is 32.1 Å². The number of hydrogen-bond donors (Lipinski definition) is 1. The maximum atomic E-state index is 12.0. The number of carbonyl (C=O) groups is 1. The van der Waals surface area contributed by atoms with Crippen LogP contribution in [0.3, 0.4) is 0 Å². The van der Waals surface area contributed by atoms with Crippen LogP contribution in [0.5, 0.6) is 0 Å². The zero-order chi connectivity index (χ0) is 18.6. The molecule has 0 aliphatic carbocycles. The highest BCUT2D eigenvalue weighted by atomic mass is 16.5. The summed E-state index contributed by atoms with van der Waals surface area (Å²) >= 11 is 0. The zero-order valence-corrected chi connectivity index (χ0v) is 14.9. The standard InChI is InChI=1S/C17H20N8O2/c1-24-8-13(6-21-24)17-15-10-27-14(9-25(15)23-22-17)7-20-16(26)3-2-12-4-18-11-19-5-12/h4-6,8,11,14H,2-3,7,9-10H2,1H3,(H,20,26). The Balaban J connectivity index is 1.29. The minimum Gasteiger partial charge on any atom is -0.368 e. The maximum absolute atomic E-state index is 12.0. The molecule has 10 nitrogen and oxygen atoms in total. The van der Waals surface area contributed by atoms with Gasteiger partial charge in [0.2, 0.25) is 5.91 Å². The second kappa shape index (κ2) is 7.62. The summed E-state index contributed by atoms with van der Waals surface area (Å²) in [6.07, 6.45) is 9.43. The third kappa shape index (κ3) is 4.00. The van der Waals surface area contributed by atoms with Crippen LogP contribution in [0.4, 0.5) is 0 Å². The average Bonchev–Trinajstić information content (AvgIpc) is 3.31. The summed E-state index contributed by atoms with van der Waals surface area (Å²) in [5.41, 5.74) is 3.57. The summed E-state index contributed by atoms with van der Waals surface area (Å²) in [5, 5.41) is 15.6. The molecule has 1 aliphatic rings. The Morgan fingerprint density at radius 3 is 2.96 bits per heavy atom. The molecule has 1 atom stereocenters. The van der Waals surface area contributed by atoms with E-state index in [1.54, 1.807) is 23.3 Å². The van der Waals surface area contributed by atoms with Crippen molar-refractivity contribution < 1.29 is 9.53 Å². The largest absolute Gasteiger partial charge is 0.368 e. The van der Waals surface area contributed by atoms with Crippen LogP contribution >= 0.6 is 0 Å². The quantitative estimate of drug-likeness (QED) is 0.657. The molecule has 3 aromatic rings. The first kappa shape index (κ1) is 17.3. The number of amides is 1. The molecule has 4 rings (SSSR count). The van der Waals surface area contributed by atoms with Crippen LogP contribution < -0.4 is 5.32 Å². The molecule has 1 aliphatic heterocycles. The van der Waals surface area contributed by atoms with E-state index in [1.165, 1.54) is 6.33 Å². The van der Waals surface area contributed by atoms with Gasteiger partial charge in [0.1, 0.15) is 12.0 Å². The fraction of sp³-hybridized carbons (Fsp3) is 0.412. The molecule has 0 saturated heterocycles. The number of nitrogens with one attached hydrogen (secondary N) is 1. The number of aryl methyl sites for hydroxylation is 2. The molecule has 27 heavy (non-hydrogen) atoms. The van der Waals surface area contributed by atoms with Gasteiger partial charge in [-0.2, -0.15) is 5.10 Å². The predicted octanol–water partition coefficient (Wildman–Crippen LogP) is 0.116. The molecule has 10 heteroatoms. The highest BCUT2D eigenvalue weighted by Gasteiger charge is 2.25. The molecular weight excluding hydrogens is 348 g/mol. The van der Waals surface area contributed by atoms with Crippen molar-refractivity contribution in [1.29, 1.82) is 0 Å². The first-order valence-electron chi connectivity index (χ1n) is 8.72. The first-order valence-corrected chi connectivity index (χ1v) is 8.72. The SMILES string of the molecule is Cn1cc(-c2nnn3c2COC(CNC(=O)CCc2cncnc2)C3)cn1. The lowest BCUT2D eigenvalue weighted by molar-refractivity contribution is -0.122. The Hall–Kier alpha value is -3.14. The van der Waals surface area contributed by atoms with Crippen LogP contribution in [0.1, 0.15) is 17.7 Å². The average molecular weight is 368 g/mol. The molecule has 0 radical (unpaired) electrons. The maximum Gasteiger partial charge on any atom is 0.220 e. The number of hydrogen-bond acceptors (Lipinski definition) is 7. The number of ether oxygens (including phenoxy) is 1. The summed E-state index contributed by atoms with van der Waals surface area (Å²) in [4.78, 5) is 19.9.